The van der Waals surface area contributed by atoms with Crippen molar-refractivity contribution >= 4 is 5.97 Å². The van der Waals surface area contributed by atoms with Gasteiger partial charge in [0, 0.05) is 0 Å². The monoisotopic (exact) mass is 265 g/mol. The Kier molecular flexibility index (Phi) is 10.9. The van der Waals surface area contributed by atoms with E-state index in [1.54, 1.807) is 12.1 Å². The first kappa shape index (κ1) is 17.6. The average Bonchev–Trinajstić information content (AvgIpc) is 2.45. The van der Waals surface area contributed by atoms with Crippen LogP contribution in [0.25, 0.3) is 0 Å². The Hall–Kier alpha value is -1.35. The zero-order chi connectivity index (χ0) is 14.5. The Balaban J connectivity index is 0.00000154. The third-order valence-electron chi connectivity index (χ3n) is 3.05. The minimum Gasteiger partial charge on any atom is -0.478 e. The summed E-state index contributed by atoms with van der Waals surface area (Å²) in [6.07, 6.45) is 8.32. The van der Waals surface area contributed by atoms with Crippen molar-refractivity contribution in [1.82, 2.24) is 0 Å². The predicted molar refractivity (Wildman–Crippen MR) is 80.6 cm³/mol. The first-order chi connectivity index (χ1) is 9.25. The van der Waals surface area contributed by atoms with Crippen LogP contribution in [0.1, 0.15) is 61.4 Å². The summed E-state index contributed by atoms with van der Waals surface area (Å²) in [5.74, 6) is -0.813. The van der Waals surface area contributed by atoms with Gasteiger partial charge in [0.05, 0.1) is 5.56 Å². The van der Waals surface area contributed by atoms with Crippen LogP contribution in [0, 0.1) is 0 Å². The van der Waals surface area contributed by atoms with Crippen LogP contribution in [0.3, 0.4) is 0 Å². The molecule has 0 radical (unpaired) electrons. The molecule has 0 saturated heterocycles. The molecule has 0 aliphatic rings. The topological polar surface area (TPSA) is 63.3 Å². The van der Waals surface area contributed by atoms with E-state index in [0.29, 0.717) is 5.56 Å². The molecule has 0 amide bonds. The summed E-state index contributed by atoms with van der Waals surface area (Å²) in [4.78, 5) is 11.0. The van der Waals surface area contributed by atoms with Crippen molar-refractivity contribution in [3.63, 3.8) is 0 Å². The Morgan fingerprint density at radius 1 is 1.05 bits per heavy atom. The van der Waals surface area contributed by atoms with Gasteiger partial charge in [-0.2, -0.15) is 0 Å². The number of hydrogen-bond donors (Lipinski definition) is 2. The second kappa shape index (κ2) is 11.7. The molecule has 0 aromatic heterocycles. The van der Waals surface area contributed by atoms with Gasteiger partial charge in [-0.1, -0.05) is 57.2 Å². The van der Waals surface area contributed by atoms with Crippen LogP contribution in [0.5, 0.6) is 0 Å². The van der Waals surface area contributed by atoms with Crippen molar-refractivity contribution in [1.29, 1.82) is 0 Å². The van der Waals surface area contributed by atoms with Crippen LogP contribution < -0.4 is 5.73 Å². The molecule has 108 valence electrons. The second-order valence-electron chi connectivity index (χ2n) is 4.48. The molecule has 1 rings (SSSR count). The highest BCUT2D eigenvalue weighted by Gasteiger charge is 2.07. The van der Waals surface area contributed by atoms with Gasteiger partial charge in [-0.05, 0) is 31.5 Å². The van der Waals surface area contributed by atoms with Gasteiger partial charge in [0.15, 0.2) is 0 Å². The fourth-order valence-corrected chi connectivity index (χ4v) is 2.04. The molecule has 0 unspecified atom stereocenters. The lowest BCUT2D eigenvalue weighted by Crippen LogP contribution is -2.02. The molecule has 0 atom stereocenters. The highest BCUT2D eigenvalue weighted by Crippen LogP contribution is 2.14. The Labute approximate surface area is 116 Å². The number of rotatable bonds is 8. The molecule has 0 spiro atoms. The van der Waals surface area contributed by atoms with E-state index >= 15 is 0 Å². The summed E-state index contributed by atoms with van der Waals surface area (Å²) >= 11 is 0. The number of benzene rings is 1. The molecule has 0 saturated carbocycles. The largest absolute Gasteiger partial charge is 0.478 e. The van der Waals surface area contributed by atoms with Crippen LogP contribution in [0.4, 0.5) is 0 Å². The molecule has 3 N–H and O–H groups in total. The van der Waals surface area contributed by atoms with Crippen LogP contribution in [0.2, 0.25) is 0 Å². The van der Waals surface area contributed by atoms with Crippen LogP contribution in [-0.2, 0) is 6.42 Å². The number of aryl methyl sites for hydroxylation is 1. The summed E-state index contributed by atoms with van der Waals surface area (Å²) in [6.45, 7) is 2.21. The maximum absolute atomic E-state index is 11.0. The van der Waals surface area contributed by atoms with Crippen molar-refractivity contribution in [2.24, 2.45) is 5.73 Å². The molecule has 19 heavy (non-hydrogen) atoms. The summed E-state index contributed by atoms with van der Waals surface area (Å²) in [6, 6.07) is 7.32. The molecule has 0 aliphatic carbocycles. The van der Waals surface area contributed by atoms with Gasteiger partial charge in [-0.25, -0.2) is 4.79 Å². The van der Waals surface area contributed by atoms with Gasteiger partial charge >= 0.3 is 5.97 Å². The van der Waals surface area contributed by atoms with Gasteiger partial charge < -0.3 is 10.8 Å². The van der Waals surface area contributed by atoms with E-state index in [1.165, 1.54) is 39.2 Å². The lowest BCUT2D eigenvalue weighted by atomic mass is 10.0. The fourth-order valence-electron chi connectivity index (χ4n) is 2.04. The lowest BCUT2D eigenvalue weighted by Gasteiger charge is -2.05. The Bertz CT molecular complexity index is 350. The SMILES string of the molecule is CCCCCCCCc1ccccc1C(=O)O.CN. The highest BCUT2D eigenvalue weighted by molar-refractivity contribution is 5.89. The van der Waals surface area contributed by atoms with Crippen molar-refractivity contribution in [3.05, 3.63) is 35.4 Å². The van der Waals surface area contributed by atoms with E-state index in [-0.39, 0.29) is 0 Å². The summed E-state index contributed by atoms with van der Waals surface area (Å²) in [7, 11) is 1.50. The molecular formula is C16H27NO2. The first-order valence-electron chi connectivity index (χ1n) is 7.14. The molecular weight excluding hydrogens is 238 g/mol. The fraction of sp³-hybridized carbons (Fsp3) is 0.562. The number of hydrogen-bond acceptors (Lipinski definition) is 2. The van der Waals surface area contributed by atoms with Gasteiger partial charge in [0.25, 0.3) is 0 Å². The minimum absolute atomic E-state index is 0.459. The smallest absolute Gasteiger partial charge is 0.335 e. The maximum Gasteiger partial charge on any atom is 0.335 e. The number of unbranched alkanes of at least 4 members (excludes halogenated alkanes) is 5. The third-order valence-corrected chi connectivity index (χ3v) is 3.05. The van der Waals surface area contributed by atoms with Crippen molar-refractivity contribution in [2.45, 2.75) is 51.9 Å². The van der Waals surface area contributed by atoms with E-state index < -0.39 is 5.97 Å². The standard InChI is InChI=1S/C15H22O2.CH5N/c1-2-3-4-5-6-7-10-13-11-8-9-12-14(13)15(16)17;1-2/h8-9,11-12H,2-7,10H2,1H3,(H,16,17);2H2,1H3. The second-order valence-corrected chi connectivity index (χ2v) is 4.48. The molecule has 1 aromatic rings. The number of aromatic carboxylic acids is 1. The molecule has 0 heterocycles. The molecule has 1 aromatic carbocycles. The first-order valence-corrected chi connectivity index (χ1v) is 7.14. The third kappa shape index (κ3) is 7.62. The van der Waals surface area contributed by atoms with Gasteiger partial charge in [0.1, 0.15) is 0 Å². The lowest BCUT2D eigenvalue weighted by molar-refractivity contribution is 0.0695. The van der Waals surface area contributed by atoms with Crippen molar-refractivity contribution in [2.75, 3.05) is 7.05 Å². The number of carboxylic acids is 1. The zero-order valence-corrected chi connectivity index (χ0v) is 12.2. The van der Waals surface area contributed by atoms with Gasteiger partial charge in [0.2, 0.25) is 0 Å². The molecule has 3 nitrogen and oxygen atoms in total. The molecule has 3 heteroatoms. The number of carbonyl (C=O) groups is 1. The quantitative estimate of drug-likeness (QED) is 0.701. The van der Waals surface area contributed by atoms with E-state index in [0.717, 1.165) is 18.4 Å². The normalized spacial score (nSPS) is 9.63. The van der Waals surface area contributed by atoms with E-state index in [4.69, 9.17) is 5.11 Å². The van der Waals surface area contributed by atoms with E-state index in [1.807, 2.05) is 12.1 Å². The van der Waals surface area contributed by atoms with E-state index in [9.17, 15) is 4.79 Å². The highest BCUT2D eigenvalue weighted by atomic mass is 16.4. The Morgan fingerprint density at radius 3 is 2.26 bits per heavy atom. The number of nitrogens with two attached hydrogens (primary N) is 1. The summed E-state index contributed by atoms with van der Waals surface area (Å²) < 4.78 is 0. The van der Waals surface area contributed by atoms with Gasteiger partial charge in [-0.3, -0.25) is 0 Å². The van der Waals surface area contributed by atoms with Crippen LogP contribution in [0.15, 0.2) is 24.3 Å². The van der Waals surface area contributed by atoms with Crippen LogP contribution >= 0.6 is 0 Å². The molecule has 0 fully saturated rings. The van der Waals surface area contributed by atoms with Crippen LogP contribution in [-0.4, -0.2) is 18.1 Å². The average molecular weight is 265 g/mol. The van der Waals surface area contributed by atoms with Crippen molar-refractivity contribution < 1.29 is 9.90 Å². The zero-order valence-electron chi connectivity index (χ0n) is 12.2. The molecule has 0 aliphatic heterocycles. The predicted octanol–water partition coefficient (Wildman–Crippen LogP) is 3.86. The van der Waals surface area contributed by atoms with E-state index in [2.05, 4.69) is 12.7 Å². The summed E-state index contributed by atoms with van der Waals surface area (Å²) in [5.41, 5.74) is 5.93. The Morgan fingerprint density at radius 2 is 1.63 bits per heavy atom. The number of carboxylic acid groups (broad SMARTS) is 1. The van der Waals surface area contributed by atoms with Gasteiger partial charge in [-0.15, -0.1) is 0 Å². The van der Waals surface area contributed by atoms with Crippen molar-refractivity contribution in [3.8, 4) is 0 Å². The molecule has 0 bridgehead atoms. The maximum atomic E-state index is 11.0. The minimum atomic E-state index is -0.813. The summed E-state index contributed by atoms with van der Waals surface area (Å²) in [5, 5.41) is 9.04.